The Kier molecular flexibility index (Phi) is 7.86. The molecule has 2 aromatic heterocycles. The highest BCUT2D eigenvalue weighted by atomic mass is 79.9. The van der Waals surface area contributed by atoms with Gasteiger partial charge in [-0.3, -0.25) is 9.69 Å². The lowest BCUT2D eigenvalue weighted by Crippen LogP contribution is -2.33. The summed E-state index contributed by atoms with van der Waals surface area (Å²) in [6.07, 6.45) is 6.14. The number of hydrogen-bond donors (Lipinski definition) is 0. The number of likely N-dealkylation sites (tertiary alicyclic amines) is 1. The Balaban J connectivity index is 1.36. The summed E-state index contributed by atoms with van der Waals surface area (Å²) in [6, 6.07) is 12.7. The SMILES string of the molecule is CCCN(CCC)C(=O)c1ccc(C2CCN(Cc3cc4c(Br)ccnc4n3C)CC2)cc1. The van der Waals surface area contributed by atoms with Gasteiger partial charge in [0.05, 0.1) is 0 Å². The molecule has 0 atom stereocenters. The molecule has 1 aliphatic heterocycles. The molecule has 0 aliphatic carbocycles. The van der Waals surface area contributed by atoms with Gasteiger partial charge in [-0.15, -0.1) is 0 Å². The molecule has 6 heteroatoms. The summed E-state index contributed by atoms with van der Waals surface area (Å²) in [5, 5.41) is 1.18. The number of nitrogens with zero attached hydrogens (tertiary/aromatic N) is 4. The first-order valence-electron chi connectivity index (χ1n) is 12.2. The van der Waals surface area contributed by atoms with E-state index in [9.17, 15) is 4.79 Å². The number of amides is 1. The first-order valence-corrected chi connectivity index (χ1v) is 13.0. The number of carbonyl (C=O) groups is 1. The third-order valence-corrected chi connectivity index (χ3v) is 7.54. The first-order chi connectivity index (χ1) is 16.0. The molecule has 4 rings (SSSR count). The highest BCUT2D eigenvalue weighted by Crippen LogP contribution is 2.30. The Morgan fingerprint density at radius 2 is 1.76 bits per heavy atom. The molecule has 3 aromatic rings. The van der Waals surface area contributed by atoms with E-state index in [1.165, 1.54) is 16.6 Å². The minimum Gasteiger partial charge on any atom is -0.339 e. The lowest BCUT2D eigenvalue weighted by atomic mass is 9.89. The van der Waals surface area contributed by atoms with Gasteiger partial charge in [-0.25, -0.2) is 4.98 Å². The third-order valence-electron chi connectivity index (χ3n) is 6.85. The average molecular weight is 512 g/mol. The fourth-order valence-corrected chi connectivity index (χ4v) is 5.39. The number of piperidine rings is 1. The normalized spacial score (nSPS) is 15.3. The summed E-state index contributed by atoms with van der Waals surface area (Å²) in [4.78, 5) is 21.9. The second kappa shape index (κ2) is 10.8. The van der Waals surface area contributed by atoms with Gasteiger partial charge in [-0.2, -0.15) is 0 Å². The quantitative estimate of drug-likeness (QED) is 0.374. The van der Waals surface area contributed by atoms with E-state index in [4.69, 9.17) is 0 Å². The molecule has 1 aliphatic rings. The van der Waals surface area contributed by atoms with Crippen LogP contribution in [0.15, 0.2) is 47.1 Å². The van der Waals surface area contributed by atoms with Gasteiger partial charge < -0.3 is 9.47 Å². The Morgan fingerprint density at radius 3 is 2.36 bits per heavy atom. The minimum atomic E-state index is 0.163. The van der Waals surface area contributed by atoms with Crippen molar-refractivity contribution in [3.8, 4) is 0 Å². The van der Waals surface area contributed by atoms with E-state index >= 15 is 0 Å². The topological polar surface area (TPSA) is 41.4 Å². The van der Waals surface area contributed by atoms with Gasteiger partial charge >= 0.3 is 0 Å². The van der Waals surface area contributed by atoms with E-state index < -0.39 is 0 Å². The lowest BCUT2D eigenvalue weighted by molar-refractivity contribution is 0.0755. The number of benzene rings is 1. The number of halogens is 1. The van der Waals surface area contributed by atoms with Crippen LogP contribution >= 0.6 is 15.9 Å². The summed E-state index contributed by atoms with van der Waals surface area (Å²) in [5.74, 6) is 0.729. The summed E-state index contributed by atoms with van der Waals surface area (Å²) >= 11 is 3.65. The van der Waals surface area contributed by atoms with E-state index in [-0.39, 0.29) is 5.91 Å². The number of hydrogen-bond acceptors (Lipinski definition) is 3. The van der Waals surface area contributed by atoms with E-state index in [1.807, 2.05) is 29.3 Å². The number of carbonyl (C=O) groups excluding carboxylic acids is 1. The van der Waals surface area contributed by atoms with Crippen LogP contribution in [0.4, 0.5) is 0 Å². The minimum absolute atomic E-state index is 0.163. The van der Waals surface area contributed by atoms with Crippen LogP contribution in [0.25, 0.3) is 11.0 Å². The predicted molar refractivity (Wildman–Crippen MR) is 139 cm³/mol. The molecule has 5 nitrogen and oxygen atoms in total. The maximum atomic E-state index is 12.9. The Bertz CT molecular complexity index is 1080. The standard InChI is InChI=1S/C27H35BrN4O/c1-4-14-32(15-5-2)27(33)22-8-6-20(7-9-22)21-11-16-31(17-12-21)19-23-18-24-25(28)10-13-29-26(24)30(23)3/h6-10,13,18,21H,4-5,11-12,14-17,19H2,1-3H3. The maximum absolute atomic E-state index is 12.9. The average Bonchev–Trinajstić information content (AvgIpc) is 3.16. The summed E-state index contributed by atoms with van der Waals surface area (Å²) < 4.78 is 3.31. The van der Waals surface area contributed by atoms with Crippen LogP contribution < -0.4 is 0 Å². The largest absolute Gasteiger partial charge is 0.339 e. The fourth-order valence-electron chi connectivity index (χ4n) is 4.98. The Labute approximate surface area is 205 Å². The Morgan fingerprint density at radius 1 is 1.09 bits per heavy atom. The Hall–Kier alpha value is -2.18. The molecule has 0 spiro atoms. The zero-order valence-corrected chi connectivity index (χ0v) is 21.6. The van der Waals surface area contributed by atoms with Crippen LogP contribution in [0.2, 0.25) is 0 Å². The predicted octanol–water partition coefficient (Wildman–Crippen LogP) is 5.98. The monoisotopic (exact) mass is 510 g/mol. The van der Waals surface area contributed by atoms with Crippen molar-refractivity contribution in [1.82, 2.24) is 19.4 Å². The lowest BCUT2D eigenvalue weighted by Gasteiger charge is -2.32. The number of aromatic nitrogens is 2. The zero-order valence-electron chi connectivity index (χ0n) is 20.1. The zero-order chi connectivity index (χ0) is 23.4. The number of aryl methyl sites for hydroxylation is 1. The molecule has 0 unspecified atom stereocenters. The van der Waals surface area contributed by atoms with Gasteiger partial charge in [-0.1, -0.05) is 26.0 Å². The fraction of sp³-hybridized carbons (Fsp3) is 0.481. The summed E-state index contributed by atoms with van der Waals surface area (Å²) in [5.41, 5.74) is 4.50. The van der Waals surface area contributed by atoms with Crippen molar-refractivity contribution in [3.63, 3.8) is 0 Å². The molecule has 1 aromatic carbocycles. The third kappa shape index (κ3) is 5.33. The van der Waals surface area contributed by atoms with Gasteiger partial charge in [0.2, 0.25) is 0 Å². The summed E-state index contributed by atoms with van der Waals surface area (Å²) in [7, 11) is 2.11. The number of pyridine rings is 1. The molecular formula is C27H35BrN4O. The van der Waals surface area contributed by atoms with Crippen molar-refractivity contribution in [2.75, 3.05) is 26.2 Å². The molecule has 0 N–H and O–H groups in total. The molecule has 3 heterocycles. The first kappa shape index (κ1) is 24.0. The molecule has 0 bridgehead atoms. The van der Waals surface area contributed by atoms with Gasteiger partial charge in [0.15, 0.2) is 0 Å². The van der Waals surface area contributed by atoms with Crippen molar-refractivity contribution in [2.24, 2.45) is 7.05 Å². The molecule has 0 saturated carbocycles. The van der Waals surface area contributed by atoms with Crippen LogP contribution in [0.1, 0.15) is 67.1 Å². The second-order valence-electron chi connectivity index (χ2n) is 9.19. The van der Waals surface area contributed by atoms with Crippen LogP contribution in [0.5, 0.6) is 0 Å². The molecular weight excluding hydrogens is 476 g/mol. The van der Waals surface area contributed by atoms with E-state index in [0.29, 0.717) is 5.92 Å². The van der Waals surface area contributed by atoms with Crippen molar-refractivity contribution in [3.05, 3.63) is 63.9 Å². The van der Waals surface area contributed by atoms with Crippen molar-refractivity contribution >= 4 is 32.9 Å². The maximum Gasteiger partial charge on any atom is 0.253 e. The van der Waals surface area contributed by atoms with Gasteiger partial charge in [0.25, 0.3) is 5.91 Å². The smallest absolute Gasteiger partial charge is 0.253 e. The van der Waals surface area contributed by atoms with E-state index in [2.05, 4.69) is 69.5 Å². The van der Waals surface area contributed by atoms with Crippen LogP contribution in [0, 0.1) is 0 Å². The highest BCUT2D eigenvalue weighted by Gasteiger charge is 2.22. The molecule has 176 valence electrons. The molecule has 0 radical (unpaired) electrons. The van der Waals surface area contributed by atoms with Gasteiger partial charge in [-0.05, 0) is 90.4 Å². The van der Waals surface area contributed by atoms with E-state index in [0.717, 1.165) is 74.1 Å². The van der Waals surface area contributed by atoms with Crippen LogP contribution in [-0.2, 0) is 13.6 Å². The molecule has 1 fully saturated rings. The van der Waals surface area contributed by atoms with Crippen LogP contribution in [-0.4, -0.2) is 51.4 Å². The second-order valence-corrected chi connectivity index (χ2v) is 10.0. The number of rotatable bonds is 8. The molecule has 33 heavy (non-hydrogen) atoms. The van der Waals surface area contributed by atoms with Crippen molar-refractivity contribution in [2.45, 2.75) is 52.0 Å². The molecule has 1 saturated heterocycles. The summed E-state index contributed by atoms with van der Waals surface area (Å²) in [6.45, 7) is 9.03. The van der Waals surface area contributed by atoms with Crippen LogP contribution in [0.3, 0.4) is 0 Å². The van der Waals surface area contributed by atoms with Gasteiger partial charge in [0.1, 0.15) is 5.65 Å². The highest BCUT2D eigenvalue weighted by molar-refractivity contribution is 9.10. The van der Waals surface area contributed by atoms with E-state index in [1.54, 1.807) is 0 Å². The van der Waals surface area contributed by atoms with Crippen molar-refractivity contribution < 1.29 is 4.79 Å². The van der Waals surface area contributed by atoms with Gasteiger partial charge in [0, 0.05) is 54.0 Å². The number of fused-ring (bicyclic) bond motifs is 1. The van der Waals surface area contributed by atoms with Crippen molar-refractivity contribution in [1.29, 1.82) is 0 Å². The molecule has 1 amide bonds.